The van der Waals surface area contributed by atoms with Gasteiger partial charge in [-0.2, -0.15) is 8.42 Å². The van der Waals surface area contributed by atoms with Crippen LogP contribution in [0.25, 0.3) is 11.4 Å². The van der Waals surface area contributed by atoms with Crippen LogP contribution in [0.5, 0.6) is 0 Å². The highest BCUT2D eigenvalue weighted by Crippen LogP contribution is 2.38. The third kappa shape index (κ3) is 5.90. The van der Waals surface area contributed by atoms with E-state index >= 15 is 0 Å². The van der Waals surface area contributed by atoms with Gasteiger partial charge < -0.3 is 10.6 Å². The second kappa shape index (κ2) is 10.1. The normalized spacial score (nSPS) is 17.2. The number of rotatable bonds is 7. The summed E-state index contributed by atoms with van der Waals surface area (Å²) in [6, 6.07) is 13.4. The highest BCUT2D eigenvalue weighted by molar-refractivity contribution is 7.90. The van der Waals surface area contributed by atoms with E-state index in [-0.39, 0.29) is 21.9 Å². The quantitative estimate of drug-likeness (QED) is 0.475. The number of nitrogens with zero attached hydrogens (tertiary/aromatic N) is 4. The lowest BCUT2D eigenvalue weighted by Crippen LogP contribution is -2.41. The van der Waals surface area contributed by atoms with Gasteiger partial charge in [0.05, 0.1) is 17.0 Å². The maximum Gasteiger partial charge on any atom is 0.281 e. The molecule has 3 aromatic rings. The molecule has 1 fully saturated rings. The zero-order valence-electron chi connectivity index (χ0n) is 21.9. The molecule has 4 rings (SSSR count). The summed E-state index contributed by atoms with van der Waals surface area (Å²) in [5, 5.41) is -0.326. The third-order valence-corrected chi connectivity index (χ3v) is 7.61. The van der Waals surface area contributed by atoms with Crippen molar-refractivity contribution < 1.29 is 13.2 Å². The molecule has 1 amide bonds. The lowest BCUT2D eigenvalue weighted by atomic mass is 9.97. The number of hydrogen-bond acceptors (Lipinski definition) is 8. The average molecular weight is 523 g/mol. The van der Waals surface area contributed by atoms with Crippen molar-refractivity contribution in [2.24, 2.45) is 11.8 Å². The molecule has 1 unspecified atom stereocenters. The molecule has 3 aromatic heterocycles. The van der Waals surface area contributed by atoms with Crippen molar-refractivity contribution >= 4 is 27.6 Å². The number of carbonyl (C=O) groups excluding carboxylic acids is 1. The van der Waals surface area contributed by atoms with Crippen LogP contribution in [0.1, 0.15) is 57.1 Å². The number of sulfonamides is 1. The van der Waals surface area contributed by atoms with Crippen molar-refractivity contribution in [3.8, 4) is 11.4 Å². The average Bonchev–Trinajstić information content (AvgIpc) is 3.09. The molecule has 37 heavy (non-hydrogen) atoms. The van der Waals surface area contributed by atoms with E-state index in [0.717, 1.165) is 18.5 Å². The molecule has 0 aromatic carbocycles. The predicted octanol–water partition coefficient (Wildman–Crippen LogP) is 4.06. The number of nitrogens with two attached hydrogens (primary N) is 1. The van der Waals surface area contributed by atoms with Crippen LogP contribution in [-0.4, -0.2) is 41.4 Å². The molecule has 0 radical (unpaired) electrons. The molecule has 1 saturated heterocycles. The van der Waals surface area contributed by atoms with Gasteiger partial charge in [0, 0.05) is 17.8 Å². The SMILES string of the molecule is CC(C)Cc1cccc(-c2ccc(C(=O)NS(=O)(=O)c3cccc(N)n3)c(N3CC(C)CC3(C)C)n2)n1. The summed E-state index contributed by atoms with van der Waals surface area (Å²) in [5.41, 5.74) is 7.82. The van der Waals surface area contributed by atoms with Gasteiger partial charge in [0.25, 0.3) is 15.9 Å². The number of nitrogen functional groups attached to an aromatic ring is 1. The van der Waals surface area contributed by atoms with Gasteiger partial charge in [-0.15, -0.1) is 0 Å². The first-order valence-electron chi connectivity index (χ1n) is 12.4. The minimum atomic E-state index is -4.24. The molecule has 1 aliphatic rings. The van der Waals surface area contributed by atoms with E-state index in [1.807, 2.05) is 18.2 Å². The number of carbonyl (C=O) groups is 1. The van der Waals surface area contributed by atoms with E-state index < -0.39 is 15.9 Å². The Hall–Kier alpha value is -3.53. The fourth-order valence-electron chi connectivity index (χ4n) is 4.90. The molecule has 0 spiro atoms. The Morgan fingerprint density at radius 1 is 1.08 bits per heavy atom. The largest absolute Gasteiger partial charge is 0.384 e. The fraction of sp³-hybridized carbons (Fsp3) is 0.407. The highest BCUT2D eigenvalue weighted by Gasteiger charge is 2.39. The molecule has 0 saturated carbocycles. The summed E-state index contributed by atoms with van der Waals surface area (Å²) < 4.78 is 27.9. The first-order chi connectivity index (χ1) is 17.4. The molecule has 4 heterocycles. The molecule has 196 valence electrons. The Morgan fingerprint density at radius 3 is 2.43 bits per heavy atom. The van der Waals surface area contributed by atoms with E-state index in [1.165, 1.54) is 18.2 Å². The van der Waals surface area contributed by atoms with Crippen molar-refractivity contribution in [2.45, 2.75) is 58.0 Å². The molecule has 0 bridgehead atoms. The zero-order chi connectivity index (χ0) is 27.0. The van der Waals surface area contributed by atoms with Gasteiger partial charge >= 0.3 is 0 Å². The van der Waals surface area contributed by atoms with E-state index in [1.54, 1.807) is 12.1 Å². The van der Waals surface area contributed by atoms with Gasteiger partial charge in [-0.3, -0.25) is 9.78 Å². The lowest BCUT2D eigenvalue weighted by Gasteiger charge is -2.34. The summed E-state index contributed by atoms with van der Waals surface area (Å²) in [7, 11) is -4.24. The molecule has 10 heteroatoms. The second-order valence-electron chi connectivity index (χ2n) is 10.7. The standard InChI is InChI=1S/C27H34N6O3S/c1-17(2)14-19-8-6-9-21(29-19)22-13-12-20(25(30-22)33-16-18(3)15-27(33,4)5)26(34)32-37(35,36)24-11-7-10-23(28)31-24/h6-13,17-18H,14-16H2,1-5H3,(H2,28,31)(H,32,34). The molecular weight excluding hydrogens is 488 g/mol. The van der Waals surface area contributed by atoms with Gasteiger partial charge in [0.1, 0.15) is 11.6 Å². The molecule has 0 aliphatic carbocycles. The van der Waals surface area contributed by atoms with Gasteiger partial charge in [-0.1, -0.05) is 32.9 Å². The third-order valence-electron chi connectivity index (χ3n) is 6.38. The summed E-state index contributed by atoms with van der Waals surface area (Å²) in [6.07, 6.45) is 1.75. The summed E-state index contributed by atoms with van der Waals surface area (Å²) in [5.74, 6) is 0.526. The summed E-state index contributed by atoms with van der Waals surface area (Å²) >= 11 is 0. The van der Waals surface area contributed by atoms with Crippen LogP contribution in [0.15, 0.2) is 53.6 Å². The predicted molar refractivity (Wildman–Crippen MR) is 145 cm³/mol. The molecule has 9 nitrogen and oxygen atoms in total. The number of amides is 1. The van der Waals surface area contributed by atoms with Crippen molar-refractivity contribution in [1.82, 2.24) is 19.7 Å². The number of pyridine rings is 3. The number of aromatic nitrogens is 3. The molecule has 1 atom stereocenters. The Kier molecular flexibility index (Phi) is 7.23. The lowest BCUT2D eigenvalue weighted by molar-refractivity contribution is 0.0981. The van der Waals surface area contributed by atoms with Gasteiger partial charge in [0.15, 0.2) is 5.03 Å². The van der Waals surface area contributed by atoms with Crippen LogP contribution in [-0.2, 0) is 16.4 Å². The molecular formula is C27H34N6O3S. The van der Waals surface area contributed by atoms with Crippen LogP contribution >= 0.6 is 0 Å². The Morgan fingerprint density at radius 2 is 1.78 bits per heavy atom. The van der Waals surface area contributed by atoms with Crippen LogP contribution < -0.4 is 15.4 Å². The number of anilines is 2. The van der Waals surface area contributed by atoms with Crippen LogP contribution in [0.4, 0.5) is 11.6 Å². The monoisotopic (exact) mass is 522 g/mol. The molecule has 3 N–H and O–H groups in total. The summed E-state index contributed by atoms with van der Waals surface area (Å²) in [4.78, 5) is 29.0. The van der Waals surface area contributed by atoms with Gasteiger partial charge in [-0.05, 0) is 74.9 Å². The van der Waals surface area contributed by atoms with Gasteiger partial charge in [-0.25, -0.2) is 14.7 Å². The van der Waals surface area contributed by atoms with Crippen molar-refractivity contribution in [3.05, 3.63) is 59.8 Å². The molecule has 1 aliphatic heterocycles. The topological polar surface area (TPSA) is 131 Å². The van der Waals surface area contributed by atoms with E-state index in [2.05, 4.69) is 49.2 Å². The number of hydrogen-bond donors (Lipinski definition) is 2. The maximum absolute atomic E-state index is 13.4. The minimum Gasteiger partial charge on any atom is -0.384 e. The first kappa shape index (κ1) is 26.5. The van der Waals surface area contributed by atoms with Crippen molar-refractivity contribution in [1.29, 1.82) is 0 Å². The highest BCUT2D eigenvalue weighted by atomic mass is 32.2. The first-order valence-corrected chi connectivity index (χ1v) is 13.9. The van der Waals surface area contributed by atoms with E-state index in [9.17, 15) is 13.2 Å². The minimum absolute atomic E-state index is 0.0435. The van der Waals surface area contributed by atoms with Crippen LogP contribution in [0.3, 0.4) is 0 Å². The van der Waals surface area contributed by atoms with E-state index in [0.29, 0.717) is 35.6 Å². The Balaban J connectivity index is 1.76. The maximum atomic E-state index is 13.4. The number of nitrogens with one attached hydrogen (secondary N) is 1. The second-order valence-corrected chi connectivity index (χ2v) is 12.4. The van der Waals surface area contributed by atoms with Crippen LogP contribution in [0.2, 0.25) is 0 Å². The van der Waals surface area contributed by atoms with Crippen molar-refractivity contribution in [2.75, 3.05) is 17.2 Å². The van der Waals surface area contributed by atoms with Crippen LogP contribution in [0, 0.1) is 11.8 Å². The smallest absolute Gasteiger partial charge is 0.281 e. The van der Waals surface area contributed by atoms with E-state index in [4.69, 9.17) is 15.7 Å². The fourth-order valence-corrected chi connectivity index (χ4v) is 5.84. The van der Waals surface area contributed by atoms with Gasteiger partial charge in [0.2, 0.25) is 0 Å². The Labute approximate surface area is 218 Å². The summed E-state index contributed by atoms with van der Waals surface area (Å²) in [6.45, 7) is 11.3. The van der Waals surface area contributed by atoms with Crippen molar-refractivity contribution in [3.63, 3.8) is 0 Å². The zero-order valence-corrected chi connectivity index (χ0v) is 22.7. The Bertz CT molecular complexity index is 1420.